The van der Waals surface area contributed by atoms with Gasteiger partial charge >= 0.3 is 0 Å². The minimum absolute atomic E-state index is 0.466. The average molecular weight is 238 g/mol. The number of rotatable bonds is 4. The second kappa shape index (κ2) is 5.78. The SMILES string of the molecule is CNC(CC1CCCCC1)c1csc(C)n1. The highest BCUT2D eigenvalue weighted by Crippen LogP contribution is 2.31. The van der Waals surface area contributed by atoms with Crippen molar-refractivity contribution in [2.24, 2.45) is 5.92 Å². The fourth-order valence-electron chi connectivity index (χ4n) is 2.68. The molecule has 0 amide bonds. The Kier molecular flexibility index (Phi) is 4.36. The molecular formula is C13H22N2S. The van der Waals surface area contributed by atoms with E-state index in [2.05, 4.69) is 29.7 Å². The van der Waals surface area contributed by atoms with Crippen LogP contribution < -0.4 is 5.32 Å². The van der Waals surface area contributed by atoms with Crippen molar-refractivity contribution >= 4 is 11.3 Å². The highest BCUT2D eigenvalue weighted by molar-refractivity contribution is 7.09. The molecule has 1 saturated carbocycles. The van der Waals surface area contributed by atoms with Crippen LogP contribution in [0.2, 0.25) is 0 Å². The Hall–Kier alpha value is -0.410. The number of aromatic nitrogens is 1. The normalized spacial score (nSPS) is 19.9. The molecule has 0 saturated heterocycles. The molecule has 1 fully saturated rings. The van der Waals surface area contributed by atoms with E-state index in [0.29, 0.717) is 6.04 Å². The summed E-state index contributed by atoms with van der Waals surface area (Å²) in [7, 11) is 2.06. The molecular weight excluding hydrogens is 216 g/mol. The summed E-state index contributed by atoms with van der Waals surface area (Å²) in [6.45, 7) is 2.08. The van der Waals surface area contributed by atoms with Crippen LogP contribution in [-0.4, -0.2) is 12.0 Å². The van der Waals surface area contributed by atoms with E-state index in [1.165, 1.54) is 49.2 Å². The number of hydrogen-bond acceptors (Lipinski definition) is 3. The molecule has 1 aromatic rings. The molecule has 2 nitrogen and oxygen atoms in total. The van der Waals surface area contributed by atoms with E-state index in [1.54, 1.807) is 11.3 Å². The van der Waals surface area contributed by atoms with Crippen LogP contribution in [0, 0.1) is 12.8 Å². The lowest BCUT2D eigenvalue weighted by Crippen LogP contribution is -2.21. The summed E-state index contributed by atoms with van der Waals surface area (Å²) in [5.74, 6) is 0.910. The number of nitrogens with zero attached hydrogens (tertiary/aromatic N) is 1. The van der Waals surface area contributed by atoms with E-state index in [4.69, 9.17) is 0 Å². The van der Waals surface area contributed by atoms with E-state index in [1.807, 2.05) is 0 Å². The van der Waals surface area contributed by atoms with E-state index in [9.17, 15) is 0 Å². The molecule has 90 valence electrons. The van der Waals surface area contributed by atoms with E-state index in [0.717, 1.165) is 5.92 Å². The van der Waals surface area contributed by atoms with Crippen LogP contribution in [0.15, 0.2) is 5.38 Å². The zero-order valence-corrected chi connectivity index (χ0v) is 11.1. The molecule has 1 N–H and O–H groups in total. The molecule has 0 spiro atoms. The summed E-state index contributed by atoms with van der Waals surface area (Å²) < 4.78 is 0. The van der Waals surface area contributed by atoms with Crippen molar-refractivity contribution in [3.05, 3.63) is 16.1 Å². The fraction of sp³-hybridized carbons (Fsp3) is 0.769. The summed E-state index contributed by atoms with van der Waals surface area (Å²) >= 11 is 1.76. The molecule has 2 rings (SSSR count). The Morgan fingerprint density at radius 1 is 1.44 bits per heavy atom. The lowest BCUT2D eigenvalue weighted by Gasteiger charge is -2.25. The molecule has 0 aliphatic heterocycles. The second-order valence-corrected chi connectivity index (χ2v) is 5.93. The molecule has 1 atom stereocenters. The Morgan fingerprint density at radius 3 is 2.75 bits per heavy atom. The van der Waals surface area contributed by atoms with Crippen LogP contribution >= 0.6 is 11.3 Å². The zero-order chi connectivity index (χ0) is 11.4. The van der Waals surface area contributed by atoms with Crippen LogP contribution in [0.4, 0.5) is 0 Å². The van der Waals surface area contributed by atoms with Gasteiger partial charge in [0.25, 0.3) is 0 Å². The van der Waals surface area contributed by atoms with Crippen molar-refractivity contribution in [3.63, 3.8) is 0 Å². The zero-order valence-electron chi connectivity index (χ0n) is 10.3. The summed E-state index contributed by atoms with van der Waals surface area (Å²) in [6, 6.07) is 0.466. The van der Waals surface area contributed by atoms with Gasteiger partial charge in [-0.1, -0.05) is 32.1 Å². The van der Waals surface area contributed by atoms with Crippen LogP contribution in [-0.2, 0) is 0 Å². The maximum atomic E-state index is 4.60. The van der Waals surface area contributed by atoms with Crippen molar-refractivity contribution in [1.82, 2.24) is 10.3 Å². The molecule has 1 heterocycles. The monoisotopic (exact) mass is 238 g/mol. The predicted octanol–water partition coefficient (Wildman–Crippen LogP) is 3.68. The lowest BCUT2D eigenvalue weighted by atomic mass is 9.84. The molecule has 0 bridgehead atoms. The van der Waals surface area contributed by atoms with Crippen LogP contribution in [0.3, 0.4) is 0 Å². The first kappa shape index (κ1) is 12.1. The topological polar surface area (TPSA) is 24.9 Å². The van der Waals surface area contributed by atoms with Crippen molar-refractivity contribution in [3.8, 4) is 0 Å². The van der Waals surface area contributed by atoms with Crippen LogP contribution in [0.1, 0.15) is 55.3 Å². The number of aryl methyl sites for hydroxylation is 1. The van der Waals surface area contributed by atoms with Gasteiger partial charge in [0, 0.05) is 5.38 Å². The quantitative estimate of drug-likeness (QED) is 0.865. The smallest absolute Gasteiger partial charge is 0.0898 e. The second-order valence-electron chi connectivity index (χ2n) is 4.87. The number of hydrogen-bond donors (Lipinski definition) is 1. The summed E-state index contributed by atoms with van der Waals surface area (Å²) in [4.78, 5) is 4.60. The Balaban J connectivity index is 1.94. The minimum Gasteiger partial charge on any atom is -0.312 e. The van der Waals surface area contributed by atoms with Gasteiger partial charge in [-0.05, 0) is 26.3 Å². The summed E-state index contributed by atoms with van der Waals surface area (Å²) in [5, 5.41) is 6.81. The van der Waals surface area contributed by atoms with Gasteiger partial charge in [-0.25, -0.2) is 4.98 Å². The number of nitrogens with one attached hydrogen (secondary N) is 1. The van der Waals surface area contributed by atoms with Gasteiger partial charge in [0.05, 0.1) is 16.7 Å². The molecule has 1 aromatic heterocycles. The maximum Gasteiger partial charge on any atom is 0.0898 e. The highest BCUT2D eigenvalue weighted by atomic mass is 32.1. The Labute approximate surface area is 102 Å². The first-order valence-electron chi connectivity index (χ1n) is 6.39. The van der Waals surface area contributed by atoms with Gasteiger partial charge in [-0.2, -0.15) is 0 Å². The first-order valence-corrected chi connectivity index (χ1v) is 7.27. The predicted molar refractivity (Wildman–Crippen MR) is 69.8 cm³/mol. The van der Waals surface area contributed by atoms with E-state index in [-0.39, 0.29) is 0 Å². The van der Waals surface area contributed by atoms with Crippen molar-refractivity contribution in [2.75, 3.05) is 7.05 Å². The van der Waals surface area contributed by atoms with Crippen molar-refractivity contribution < 1.29 is 0 Å². The Bertz CT molecular complexity index is 315. The molecule has 1 unspecified atom stereocenters. The minimum atomic E-state index is 0.466. The lowest BCUT2D eigenvalue weighted by molar-refractivity contribution is 0.304. The molecule has 16 heavy (non-hydrogen) atoms. The van der Waals surface area contributed by atoms with Gasteiger partial charge in [0.1, 0.15) is 0 Å². The van der Waals surface area contributed by atoms with Gasteiger partial charge in [-0.15, -0.1) is 11.3 Å². The largest absolute Gasteiger partial charge is 0.312 e. The summed E-state index contributed by atoms with van der Waals surface area (Å²) in [6.07, 6.45) is 8.40. The third-order valence-corrected chi connectivity index (χ3v) is 4.43. The first-order chi connectivity index (χ1) is 7.79. The molecule has 1 aliphatic rings. The van der Waals surface area contributed by atoms with Gasteiger partial charge in [0.2, 0.25) is 0 Å². The third kappa shape index (κ3) is 3.05. The molecule has 3 heteroatoms. The number of thiazole rings is 1. The fourth-order valence-corrected chi connectivity index (χ4v) is 3.35. The van der Waals surface area contributed by atoms with E-state index < -0.39 is 0 Å². The van der Waals surface area contributed by atoms with Crippen LogP contribution in [0.25, 0.3) is 0 Å². The molecule has 0 radical (unpaired) electrons. The van der Waals surface area contributed by atoms with Gasteiger partial charge in [-0.3, -0.25) is 0 Å². The summed E-state index contributed by atoms with van der Waals surface area (Å²) in [5.41, 5.74) is 1.25. The van der Waals surface area contributed by atoms with Crippen LogP contribution in [0.5, 0.6) is 0 Å². The van der Waals surface area contributed by atoms with Crippen molar-refractivity contribution in [2.45, 2.75) is 51.5 Å². The molecule has 0 aromatic carbocycles. The van der Waals surface area contributed by atoms with Gasteiger partial charge in [0.15, 0.2) is 0 Å². The highest BCUT2D eigenvalue weighted by Gasteiger charge is 2.20. The molecule has 1 aliphatic carbocycles. The standard InChI is InChI=1S/C13H22N2S/c1-10-15-13(9-16-10)12(14-2)8-11-6-4-3-5-7-11/h9,11-12,14H,3-8H2,1-2H3. The van der Waals surface area contributed by atoms with Gasteiger partial charge < -0.3 is 5.32 Å². The Morgan fingerprint density at radius 2 is 2.19 bits per heavy atom. The van der Waals surface area contributed by atoms with E-state index >= 15 is 0 Å². The van der Waals surface area contributed by atoms with Crippen molar-refractivity contribution in [1.29, 1.82) is 0 Å². The maximum absolute atomic E-state index is 4.60. The third-order valence-electron chi connectivity index (χ3n) is 3.64. The average Bonchev–Trinajstić information content (AvgIpc) is 2.74.